The molecule has 0 saturated heterocycles. The summed E-state index contributed by atoms with van der Waals surface area (Å²) in [5, 5.41) is 15.4. The van der Waals surface area contributed by atoms with Gasteiger partial charge in [-0.3, -0.25) is 14.6 Å². The number of benzene rings is 1. The van der Waals surface area contributed by atoms with E-state index < -0.39 is 5.97 Å². The summed E-state index contributed by atoms with van der Waals surface area (Å²) in [6.45, 7) is 0.0643. The monoisotopic (exact) mass is 335 g/mol. The van der Waals surface area contributed by atoms with Gasteiger partial charge in [-0.25, -0.2) is 0 Å². The fourth-order valence-corrected chi connectivity index (χ4v) is 2.00. The van der Waals surface area contributed by atoms with Crippen molar-refractivity contribution in [1.29, 1.82) is 0 Å². The van der Waals surface area contributed by atoms with Gasteiger partial charge in [0.15, 0.2) is 0 Å². The molecule has 0 unspecified atom stereocenters. The van der Waals surface area contributed by atoms with Crippen LogP contribution in [0.25, 0.3) is 10.8 Å². The van der Waals surface area contributed by atoms with Crippen LogP contribution < -0.4 is 16.4 Å². The molecule has 0 aliphatic heterocycles. The molecule has 0 aliphatic carbocycles. The molecular weight excluding hydrogens is 322 g/mol. The third-order valence-electron chi connectivity index (χ3n) is 3.00. The maximum atomic E-state index is 12.0. The van der Waals surface area contributed by atoms with E-state index in [0.717, 1.165) is 5.39 Å². The quantitative estimate of drug-likeness (QED) is 0.481. The van der Waals surface area contributed by atoms with Crippen LogP contribution in [0.1, 0.15) is 16.8 Å². The number of halogens is 1. The number of amides is 1. The second-order valence-corrected chi connectivity index (χ2v) is 4.79. The number of carboxylic acid groups (broad SMARTS) is 1. The zero-order chi connectivity index (χ0) is 16.8. The molecule has 0 fully saturated rings. The Bertz CT molecular complexity index is 778. The molecule has 0 bridgehead atoms. The van der Waals surface area contributed by atoms with Crippen LogP contribution >= 0.6 is 11.8 Å². The molecule has 2 aromatic rings. The van der Waals surface area contributed by atoms with Crippen molar-refractivity contribution in [3.63, 3.8) is 0 Å². The van der Waals surface area contributed by atoms with Gasteiger partial charge in [-0.2, -0.15) is 0 Å². The number of carbonyl (C=O) groups excluding carboxylic acids is 1. The van der Waals surface area contributed by atoms with Gasteiger partial charge in [0.25, 0.3) is 5.91 Å². The third kappa shape index (κ3) is 4.30. The van der Waals surface area contributed by atoms with Crippen LogP contribution in [-0.4, -0.2) is 34.5 Å². The summed E-state index contributed by atoms with van der Waals surface area (Å²) in [7, 11) is 0. The number of carboxylic acids is 1. The molecule has 5 N–H and O–H groups in total. The molecular formula is C14H14ClN5O3. The highest BCUT2D eigenvalue weighted by Crippen LogP contribution is 2.23. The van der Waals surface area contributed by atoms with E-state index in [9.17, 15) is 9.59 Å². The highest BCUT2D eigenvalue weighted by molar-refractivity contribution is 6.21. The Morgan fingerprint density at radius 1 is 1.35 bits per heavy atom. The maximum absolute atomic E-state index is 12.0. The lowest BCUT2D eigenvalue weighted by atomic mass is 10.1. The Labute approximate surface area is 136 Å². The highest BCUT2D eigenvalue weighted by Gasteiger charge is 2.09. The number of nitrogens with one attached hydrogen (secondary N) is 2. The Balaban J connectivity index is 2.22. The van der Waals surface area contributed by atoms with Crippen LogP contribution in [0.5, 0.6) is 0 Å². The van der Waals surface area contributed by atoms with Crippen LogP contribution in [0, 0.1) is 0 Å². The normalized spacial score (nSPS) is 11.3. The number of hydrogen-bond acceptors (Lipinski definition) is 4. The predicted octanol–water partition coefficient (Wildman–Crippen LogP) is 1.32. The summed E-state index contributed by atoms with van der Waals surface area (Å²) in [6.07, 6.45) is 3.03. The molecule has 120 valence electrons. The average molecular weight is 336 g/mol. The van der Waals surface area contributed by atoms with Gasteiger partial charge in [0.2, 0.25) is 5.96 Å². The summed E-state index contributed by atoms with van der Waals surface area (Å²) < 4.78 is 3.30. The molecule has 1 heterocycles. The van der Waals surface area contributed by atoms with Crippen molar-refractivity contribution in [2.75, 3.05) is 11.9 Å². The number of nitrogens with two attached hydrogens (primary N) is 1. The zero-order valence-corrected chi connectivity index (χ0v) is 12.7. The number of fused-ring (bicyclic) bond motifs is 1. The van der Waals surface area contributed by atoms with Crippen molar-refractivity contribution < 1.29 is 14.7 Å². The first-order valence-electron chi connectivity index (χ1n) is 6.60. The predicted molar refractivity (Wildman–Crippen MR) is 87.4 cm³/mol. The maximum Gasteiger partial charge on any atom is 0.305 e. The number of guanidine groups is 1. The zero-order valence-electron chi connectivity index (χ0n) is 11.9. The first-order chi connectivity index (χ1) is 11.0. The molecule has 1 aromatic heterocycles. The van der Waals surface area contributed by atoms with Crippen molar-refractivity contribution in [2.45, 2.75) is 6.42 Å². The first-order valence-corrected chi connectivity index (χ1v) is 6.94. The smallest absolute Gasteiger partial charge is 0.305 e. The number of carbonyl (C=O) groups is 2. The summed E-state index contributed by atoms with van der Waals surface area (Å²) in [6, 6.07) is 5.00. The van der Waals surface area contributed by atoms with Crippen LogP contribution in [0.3, 0.4) is 0 Å². The van der Waals surface area contributed by atoms with Gasteiger partial charge in [0.05, 0.1) is 18.3 Å². The fraction of sp³-hybridized carbons (Fsp3) is 0.143. The van der Waals surface area contributed by atoms with Gasteiger partial charge in [-0.05, 0) is 12.1 Å². The summed E-state index contributed by atoms with van der Waals surface area (Å²) in [4.78, 5) is 26.5. The van der Waals surface area contributed by atoms with Gasteiger partial charge in [-0.15, -0.1) is 4.51 Å². The lowest BCUT2D eigenvalue weighted by molar-refractivity contribution is -0.136. The van der Waals surface area contributed by atoms with Gasteiger partial charge < -0.3 is 21.5 Å². The van der Waals surface area contributed by atoms with E-state index >= 15 is 0 Å². The Morgan fingerprint density at radius 2 is 2.13 bits per heavy atom. The van der Waals surface area contributed by atoms with E-state index in [1.807, 2.05) is 0 Å². The van der Waals surface area contributed by atoms with Crippen molar-refractivity contribution in [3.05, 3.63) is 36.2 Å². The molecule has 2 rings (SSSR count). The standard InChI is InChI=1S/C14H14ClN5O3/c15-20-14(16)19-11-7-17-6-9-5-8(1-2-10(9)11)13(23)18-4-3-12(21)22/h1-2,5-7H,3-4H2,(H,18,23)(H,21,22)(H3,16,19,20). The highest BCUT2D eigenvalue weighted by atomic mass is 35.5. The van der Waals surface area contributed by atoms with Crippen LogP contribution in [0.4, 0.5) is 5.69 Å². The van der Waals surface area contributed by atoms with Gasteiger partial charge in [0.1, 0.15) is 0 Å². The first kappa shape index (κ1) is 16.5. The van der Waals surface area contributed by atoms with E-state index in [1.54, 1.807) is 30.6 Å². The summed E-state index contributed by atoms with van der Waals surface area (Å²) in [5.74, 6) is -1.30. The lowest BCUT2D eigenvalue weighted by Gasteiger charge is -2.09. The lowest BCUT2D eigenvalue weighted by Crippen LogP contribution is -2.26. The van der Waals surface area contributed by atoms with Crippen molar-refractivity contribution >= 4 is 46.1 Å². The number of nitrogens with zero attached hydrogens (tertiary/aromatic N) is 2. The molecule has 9 heteroatoms. The fourth-order valence-electron chi connectivity index (χ4n) is 1.96. The molecule has 8 nitrogen and oxygen atoms in total. The van der Waals surface area contributed by atoms with E-state index in [4.69, 9.17) is 22.6 Å². The number of hydrogen-bond donors (Lipinski definition) is 4. The number of aliphatic carboxylic acids is 1. The molecule has 0 radical (unpaired) electrons. The van der Waals surface area contributed by atoms with Crippen molar-refractivity contribution in [2.24, 2.45) is 10.2 Å². The minimum absolute atomic E-state index is 0.0245. The molecule has 0 spiro atoms. The number of anilines is 1. The van der Waals surface area contributed by atoms with E-state index in [0.29, 0.717) is 16.6 Å². The number of aromatic nitrogens is 1. The molecule has 0 saturated carbocycles. The molecule has 1 aromatic carbocycles. The molecule has 1 amide bonds. The largest absolute Gasteiger partial charge is 0.481 e. The topological polar surface area (TPSA) is 130 Å². The van der Waals surface area contributed by atoms with Crippen LogP contribution in [0.15, 0.2) is 35.1 Å². The summed E-state index contributed by atoms with van der Waals surface area (Å²) >= 11 is 5.28. The Kier molecular flexibility index (Phi) is 5.32. The van der Waals surface area contributed by atoms with Gasteiger partial charge >= 0.3 is 5.97 Å². The van der Waals surface area contributed by atoms with E-state index in [-0.39, 0.29) is 24.8 Å². The average Bonchev–Trinajstić information content (AvgIpc) is 2.54. The molecule has 23 heavy (non-hydrogen) atoms. The van der Waals surface area contributed by atoms with Gasteiger partial charge in [0, 0.05) is 40.9 Å². The Hall–Kier alpha value is -2.87. The van der Waals surface area contributed by atoms with E-state index in [2.05, 4.69) is 20.1 Å². The SMILES string of the molecule is NC(=NCl)Nc1cncc2cc(C(=O)NCCC(=O)O)ccc12. The summed E-state index contributed by atoms with van der Waals surface area (Å²) in [5.41, 5.74) is 6.52. The second kappa shape index (κ2) is 7.41. The Morgan fingerprint density at radius 3 is 2.83 bits per heavy atom. The van der Waals surface area contributed by atoms with E-state index in [1.165, 1.54) is 0 Å². The number of pyridine rings is 1. The van der Waals surface area contributed by atoms with Crippen molar-refractivity contribution in [3.8, 4) is 0 Å². The van der Waals surface area contributed by atoms with Gasteiger partial charge in [-0.1, -0.05) is 6.07 Å². The van der Waals surface area contributed by atoms with Crippen LogP contribution in [-0.2, 0) is 4.79 Å². The minimum atomic E-state index is -0.970. The minimum Gasteiger partial charge on any atom is -0.481 e. The molecule has 0 atom stereocenters. The van der Waals surface area contributed by atoms with Crippen LogP contribution in [0.2, 0.25) is 0 Å². The number of rotatable bonds is 5. The van der Waals surface area contributed by atoms with Crippen molar-refractivity contribution in [1.82, 2.24) is 10.3 Å². The molecule has 0 aliphatic rings. The second-order valence-electron chi connectivity index (χ2n) is 4.62. The third-order valence-corrected chi connectivity index (χ3v) is 3.18.